The number of ether oxygens (including phenoxy) is 1. The van der Waals surface area contributed by atoms with Crippen molar-refractivity contribution in [2.45, 2.75) is 26.8 Å². The van der Waals surface area contributed by atoms with Crippen molar-refractivity contribution in [3.05, 3.63) is 71.8 Å². The minimum atomic E-state index is -0.220. The van der Waals surface area contributed by atoms with Gasteiger partial charge in [-0.3, -0.25) is 24.5 Å². The molecule has 1 aliphatic heterocycles. The van der Waals surface area contributed by atoms with Gasteiger partial charge in [-0.2, -0.15) is 0 Å². The van der Waals surface area contributed by atoms with E-state index in [0.717, 1.165) is 35.7 Å². The first-order valence-electron chi connectivity index (χ1n) is 11.8. The lowest BCUT2D eigenvalue weighted by atomic mass is 9.96. The predicted molar refractivity (Wildman–Crippen MR) is 135 cm³/mol. The summed E-state index contributed by atoms with van der Waals surface area (Å²) in [5, 5.41) is 5.72. The number of hydrogen-bond donors (Lipinski definition) is 2. The number of rotatable bonds is 8. The number of anilines is 1. The molecule has 0 saturated carbocycles. The van der Waals surface area contributed by atoms with Gasteiger partial charge in [0.15, 0.2) is 0 Å². The molecule has 0 saturated heterocycles. The lowest BCUT2D eigenvalue weighted by Gasteiger charge is -2.26. The molecule has 2 aromatic carbocycles. The van der Waals surface area contributed by atoms with Gasteiger partial charge in [0.25, 0.3) is 5.91 Å². The SMILES string of the molecule is CNC(=O)c1cccc(NC(=O)CN2CCc3nccnc3C2)c1-c1ccc(OCC(C)C)cc1. The highest BCUT2D eigenvalue weighted by atomic mass is 16.5. The Labute approximate surface area is 205 Å². The molecule has 4 rings (SSSR count). The van der Waals surface area contributed by atoms with Gasteiger partial charge in [-0.15, -0.1) is 0 Å². The van der Waals surface area contributed by atoms with Crippen molar-refractivity contribution in [3.8, 4) is 16.9 Å². The Morgan fingerprint density at radius 2 is 1.80 bits per heavy atom. The fraction of sp³-hybridized carbons (Fsp3) is 0.333. The van der Waals surface area contributed by atoms with E-state index in [1.165, 1.54) is 0 Å². The maximum Gasteiger partial charge on any atom is 0.251 e. The minimum Gasteiger partial charge on any atom is -0.493 e. The number of amides is 2. The molecule has 1 aliphatic rings. The van der Waals surface area contributed by atoms with Crippen LogP contribution in [0.25, 0.3) is 11.1 Å². The Morgan fingerprint density at radius 3 is 2.51 bits per heavy atom. The van der Waals surface area contributed by atoms with Crippen LogP contribution >= 0.6 is 0 Å². The second kappa shape index (κ2) is 11.1. The molecule has 2 amide bonds. The van der Waals surface area contributed by atoms with Crippen LogP contribution in [-0.4, -0.2) is 53.4 Å². The number of fused-ring (bicyclic) bond motifs is 1. The summed E-state index contributed by atoms with van der Waals surface area (Å²) in [5.41, 5.74) is 4.47. The van der Waals surface area contributed by atoms with E-state index in [1.54, 1.807) is 31.6 Å². The van der Waals surface area contributed by atoms with Gasteiger partial charge >= 0.3 is 0 Å². The maximum absolute atomic E-state index is 13.0. The summed E-state index contributed by atoms with van der Waals surface area (Å²) in [5.74, 6) is 0.816. The maximum atomic E-state index is 13.0. The van der Waals surface area contributed by atoms with Gasteiger partial charge < -0.3 is 15.4 Å². The molecule has 0 bridgehead atoms. The van der Waals surface area contributed by atoms with Crippen molar-refractivity contribution in [1.29, 1.82) is 0 Å². The topological polar surface area (TPSA) is 96.5 Å². The average molecular weight is 474 g/mol. The third-order valence-corrected chi connectivity index (χ3v) is 5.80. The highest BCUT2D eigenvalue weighted by molar-refractivity contribution is 6.06. The van der Waals surface area contributed by atoms with E-state index >= 15 is 0 Å². The van der Waals surface area contributed by atoms with E-state index in [4.69, 9.17) is 4.74 Å². The highest BCUT2D eigenvalue weighted by Gasteiger charge is 2.22. The first kappa shape index (κ1) is 24.3. The zero-order valence-electron chi connectivity index (χ0n) is 20.4. The molecule has 0 fully saturated rings. The summed E-state index contributed by atoms with van der Waals surface area (Å²) in [6.45, 7) is 6.36. The van der Waals surface area contributed by atoms with Crippen LogP contribution in [0.1, 0.15) is 35.6 Å². The number of aromatic nitrogens is 2. The molecule has 0 spiro atoms. The van der Waals surface area contributed by atoms with Crippen molar-refractivity contribution in [3.63, 3.8) is 0 Å². The largest absolute Gasteiger partial charge is 0.493 e. The van der Waals surface area contributed by atoms with Crippen LogP contribution in [0.3, 0.4) is 0 Å². The molecule has 0 radical (unpaired) electrons. The molecule has 182 valence electrons. The number of nitrogens with one attached hydrogen (secondary N) is 2. The molecule has 0 aliphatic carbocycles. The molecule has 0 atom stereocenters. The zero-order valence-corrected chi connectivity index (χ0v) is 20.4. The van der Waals surface area contributed by atoms with Crippen LogP contribution in [0.15, 0.2) is 54.9 Å². The second-order valence-corrected chi connectivity index (χ2v) is 9.00. The normalized spacial score (nSPS) is 13.3. The lowest BCUT2D eigenvalue weighted by molar-refractivity contribution is -0.117. The summed E-state index contributed by atoms with van der Waals surface area (Å²) < 4.78 is 5.80. The van der Waals surface area contributed by atoms with Crippen molar-refractivity contribution in [2.24, 2.45) is 5.92 Å². The standard InChI is InChI=1S/C27H31N5O3/c1-18(2)17-35-20-9-7-19(8-10-20)26-21(27(34)28-3)5-4-6-23(26)31-25(33)16-32-14-11-22-24(15-32)30-13-12-29-22/h4-10,12-13,18H,11,14-17H2,1-3H3,(H,28,34)(H,31,33). The fourth-order valence-corrected chi connectivity index (χ4v) is 4.09. The van der Waals surface area contributed by atoms with Crippen molar-refractivity contribution in [1.82, 2.24) is 20.2 Å². The summed E-state index contributed by atoms with van der Waals surface area (Å²) >= 11 is 0. The fourth-order valence-electron chi connectivity index (χ4n) is 4.09. The summed E-state index contributed by atoms with van der Waals surface area (Å²) in [6, 6.07) is 12.9. The number of benzene rings is 2. The molecule has 0 unspecified atom stereocenters. The van der Waals surface area contributed by atoms with E-state index < -0.39 is 0 Å². The highest BCUT2D eigenvalue weighted by Crippen LogP contribution is 2.33. The number of hydrogen-bond acceptors (Lipinski definition) is 6. The van der Waals surface area contributed by atoms with Crippen LogP contribution in [-0.2, 0) is 17.8 Å². The zero-order chi connectivity index (χ0) is 24.8. The van der Waals surface area contributed by atoms with Gasteiger partial charge in [-0.05, 0) is 35.7 Å². The van der Waals surface area contributed by atoms with E-state index in [0.29, 0.717) is 35.9 Å². The van der Waals surface area contributed by atoms with Gasteiger partial charge in [0, 0.05) is 55.8 Å². The average Bonchev–Trinajstić information content (AvgIpc) is 2.87. The Balaban J connectivity index is 1.55. The van der Waals surface area contributed by atoms with Crippen LogP contribution < -0.4 is 15.4 Å². The quantitative estimate of drug-likeness (QED) is 0.520. The van der Waals surface area contributed by atoms with Gasteiger partial charge in [0.1, 0.15) is 5.75 Å². The molecule has 3 aromatic rings. The van der Waals surface area contributed by atoms with Crippen LogP contribution in [0, 0.1) is 5.92 Å². The molecular formula is C27H31N5O3. The monoisotopic (exact) mass is 473 g/mol. The predicted octanol–water partition coefficient (Wildman–Crippen LogP) is 3.53. The molecule has 35 heavy (non-hydrogen) atoms. The summed E-state index contributed by atoms with van der Waals surface area (Å²) in [7, 11) is 1.59. The Kier molecular flexibility index (Phi) is 7.72. The van der Waals surface area contributed by atoms with E-state index in [-0.39, 0.29) is 18.4 Å². The number of carbonyl (C=O) groups excluding carboxylic acids is 2. The minimum absolute atomic E-state index is 0.149. The molecular weight excluding hydrogens is 442 g/mol. The van der Waals surface area contributed by atoms with Crippen LogP contribution in [0.4, 0.5) is 5.69 Å². The molecule has 8 nitrogen and oxygen atoms in total. The first-order valence-corrected chi connectivity index (χ1v) is 11.8. The third kappa shape index (κ3) is 6.02. The lowest BCUT2D eigenvalue weighted by Crippen LogP contribution is -2.37. The smallest absolute Gasteiger partial charge is 0.251 e. The molecule has 1 aromatic heterocycles. The number of nitrogens with zero attached hydrogens (tertiary/aromatic N) is 3. The summed E-state index contributed by atoms with van der Waals surface area (Å²) in [6.07, 6.45) is 4.14. The molecule has 2 N–H and O–H groups in total. The third-order valence-electron chi connectivity index (χ3n) is 5.80. The van der Waals surface area contributed by atoms with Crippen molar-refractivity contribution >= 4 is 17.5 Å². The first-order chi connectivity index (χ1) is 16.9. The van der Waals surface area contributed by atoms with Gasteiger partial charge in [0.2, 0.25) is 5.91 Å². The van der Waals surface area contributed by atoms with Crippen LogP contribution in [0.2, 0.25) is 0 Å². The Hall–Kier alpha value is -3.78. The van der Waals surface area contributed by atoms with Gasteiger partial charge in [-0.25, -0.2) is 0 Å². The van der Waals surface area contributed by atoms with E-state index in [1.807, 2.05) is 30.3 Å². The van der Waals surface area contributed by atoms with Gasteiger partial charge in [-0.1, -0.05) is 32.0 Å². The second-order valence-electron chi connectivity index (χ2n) is 9.00. The van der Waals surface area contributed by atoms with E-state index in [2.05, 4.69) is 39.3 Å². The summed E-state index contributed by atoms with van der Waals surface area (Å²) in [4.78, 5) is 36.5. The number of carbonyl (C=O) groups is 2. The van der Waals surface area contributed by atoms with Crippen molar-refractivity contribution < 1.29 is 14.3 Å². The Bertz CT molecular complexity index is 1190. The Morgan fingerprint density at radius 1 is 1.06 bits per heavy atom. The van der Waals surface area contributed by atoms with Crippen LogP contribution in [0.5, 0.6) is 5.75 Å². The molecule has 2 heterocycles. The van der Waals surface area contributed by atoms with Crippen molar-refractivity contribution in [2.75, 3.05) is 32.1 Å². The van der Waals surface area contributed by atoms with E-state index in [9.17, 15) is 9.59 Å². The van der Waals surface area contributed by atoms with Gasteiger partial charge in [0.05, 0.1) is 24.5 Å². The molecule has 8 heteroatoms.